The maximum atomic E-state index is 11.5. The molecule has 5 nitrogen and oxygen atoms in total. The molecule has 0 saturated heterocycles. The molecule has 0 unspecified atom stereocenters. The van der Waals surface area contributed by atoms with Gasteiger partial charge in [-0.25, -0.2) is 4.98 Å². The molecule has 1 amide bonds. The van der Waals surface area contributed by atoms with E-state index in [2.05, 4.69) is 20.6 Å². The second-order valence-corrected chi connectivity index (χ2v) is 4.38. The van der Waals surface area contributed by atoms with Crippen LogP contribution in [0.5, 0.6) is 0 Å². The monoisotopic (exact) mass is 248 g/mol. The zero-order chi connectivity index (χ0) is 12.3. The van der Waals surface area contributed by atoms with Gasteiger partial charge >= 0.3 is 0 Å². The lowest BCUT2D eigenvalue weighted by molar-refractivity contribution is 0.0966. The Morgan fingerprint density at radius 2 is 2.29 bits per heavy atom. The number of nitrogens with one attached hydrogen (secondary N) is 2. The van der Waals surface area contributed by atoms with E-state index in [9.17, 15) is 4.79 Å². The molecule has 0 spiro atoms. The molecule has 0 atom stereocenters. The molecule has 0 aromatic carbocycles. The number of nitrogens with zero attached hydrogens (tertiary/aromatic N) is 2. The van der Waals surface area contributed by atoms with E-state index in [1.54, 1.807) is 19.4 Å². The van der Waals surface area contributed by atoms with Crippen LogP contribution in [0.4, 0.5) is 10.8 Å². The van der Waals surface area contributed by atoms with E-state index in [0.717, 1.165) is 11.4 Å². The van der Waals surface area contributed by atoms with Gasteiger partial charge in [0.2, 0.25) is 0 Å². The van der Waals surface area contributed by atoms with Gasteiger partial charge in [0.05, 0.1) is 17.6 Å². The SMILES string of the molecule is CNC(=O)c1sc(Nc2cccnc2)nc1C. The smallest absolute Gasteiger partial charge is 0.263 e. The van der Waals surface area contributed by atoms with Gasteiger partial charge in [-0.3, -0.25) is 9.78 Å². The largest absolute Gasteiger partial charge is 0.354 e. The van der Waals surface area contributed by atoms with Gasteiger partial charge in [-0.05, 0) is 19.1 Å². The van der Waals surface area contributed by atoms with Crippen molar-refractivity contribution in [2.45, 2.75) is 6.92 Å². The first-order chi connectivity index (χ1) is 8.20. The minimum Gasteiger partial charge on any atom is -0.354 e. The third-order valence-electron chi connectivity index (χ3n) is 2.14. The Morgan fingerprint density at radius 3 is 2.94 bits per heavy atom. The summed E-state index contributed by atoms with van der Waals surface area (Å²) in [4.78, 5) is 20.4. The summed E-state index contributed by atoms with van der Waals surface area (Å²) in [6.45, 7) is 1.81. The van der Waals surface area contributed by atoms with Gasteiger partial charge in [0.1, 0.15) is 4.88 Å². The fraction of sp³-hybridized carbons (Fsp3) is 0.182. The molecule has 0 saturated carbocycles. The second kappa shape index (κ2) is 4.92. The minimum atomic E-state index is -0.112. The molecule has 17 heavy (non-hydrogen) atoms. The molecule has 0 aliphatic carbocycles. The lowest BCUT2D eigenvalue weighted by Gasteiger charge is -1.99. The highest BCUT2D eigenvalue weighted by Crippen LogP contribution is 2.25. The van der Waals surface area contributed by atoms with Crippen molar-refractivity contribution in [1.82, 2.24) is 15.3 Å². The van der Waals surface area contributed by atoms with E-state index in [-0.39, 0.29) is 5.91 Å². The minimum absolute atomic E-state index is 0.112. The third-order valence-corrected chi connectivity index (χ3v) is 3.21. The number of pyridine rings is 1. The van der Waals surface area contributed by atoms with E-state index < -0.39 is 0 Å². The molecule has 88 valence electrons. The summed E-state index contributed by atoms with van der Waals surface area (Å²) < 4.78 is 0. The molecule has 0 fully saturated rings. The Morgan fingerprint density at radius 1 is 1.47 bits per heavy atom. The summed E-state index contributed by atoms with van der Waals surface area (Å²) in [5, 5.41) is 6.39. The number of thiazole rings is 1. The van der Waals surface area contributed by atoms with Gasteiger partial charge in [-0.15, -0.1) is 0 Å². The first-order valence-corrected chi connectivity index (χ1v) is 5.89. The van der Waals surface area contributed by atoms with Crippen LogP contribution in [0.25, 0.3) is 0 Å². The number of rotatable bonds is 3. The van der Waals surface area contributed by atoms with Crippen LogP contribution in [0.1, 0.15) is 15.4 Å². The first kappa shape index (κ1) is 11.5. The maximum absolute atomic E-state index is 11.5. The van der Waals surface area contributed by atoms with Crippen LogP contribution in [0.3, 0.4) is 0 Å². The lowest BCUT2D eigenvalue weighted by atomic mass is 10.4. The van der Waals surface area contributed by atoms with Gasteiger partial charge < -0.3 is 10.6 Å². The summed E-state index contributed by atoms with van der Waals surface area (Å²) in [7, 11) is 1.61. The number of aromatic nitrogens is 2. The number of carbonyl (C=O) groups excluding carboxylic acids is 1. The van der Waals surface area contributed by atoms with Crippen LogP contribution < -0.4 is 10.6 Å². The Kier molecular flexibility index (Phi) is 3.34. The predicted molar refractivity (Wildman–Crippen MR) is 67.8 cm³/mol. The van der Waals surface area contributed by atoms with E-state index in [1.165, 1.54) is 11.3 Å². The normalized spacial score (nSPS) is 10.0. The molecule has 2 aromatic rings. The van der Waals surface area contributed by atoms with Crippen molar-refractivity contribution in [2.75, 3.05) is 12.4 Å². The maximum Gasteiger partial charge on any atom is 0.263 e. The summed E-state index contributed by atoms with van der Waals surface area (Å²) in [6.07, 6.45) is 3.41. The van der Waals surface area contributed by atoms with Crippen LogP contribution in [-0.4, -0.2) is 22.9 Å². The molecule has 2 heterocycles. The highest BCUT2D eigenvalue weighted by Gasteiger charge is 2.13. The fourth-order valence-electron chi connectivity index (χ4n) is 1.33. The van der Waals surface area contributed by atoms with Crippen molar-refractivity contribution >= 4 is 28.1 Å². The van der Waals surface area contributed by atoms with Crippen LogP contribution >= 0.6 is 11.3 Å². The van der Waals surface area contributed by atoms with Crippen LogP contribution in [0.15, 0.2) is 24.5 Å². The van der Waals surface area contributed by atoms with E-state index in [4.69, 9.17) is 0 Å². The number of amides is 1. The number of hydrogen-bond acceptors (Lipinski definition) is 5. The van der Waals surface area contributed by atoms with Gasteiger partial charge in [0.25, 0.3) is 5.91 Å². The van der Waals surface area contributed by atoms with Gasteiger partial charge in [0.15, 0.2) is 5.13 Å². The van der Waals surface area contributed by atoms with Crippen molar-refractivity contribution in [1.29, 1.82) is 0 Å². The van der Waals surface area contributed by atoms with E-state index >= 15 is 0 Å². The highest BCUT2D eigenvalue weighted by molar-refractivity contribution is 7.17. The summed E-state index contributed by atoms with van der Waals surface area (Å²) in [5.41, 5.74) is 1.57. The van der Waals surface area contributed by atoms with E-state index in [0.29, 0.717) is 10.0 Å². The molecule has 6 heteroatoms. The molecular formula is C11H12N4OS. The molecule has 2 rings (SSSR count). The number of hydrogen-bond donors (Lipinski definition) is 2. The van der Waals surface area contributed by atoms with E-state index in [1.807, 2.05) is 19.1 Å². The number of anilines is 2. The zero-order valence-electron chi connectivity index (χ0n) is 9.52. The highest BCUT2D eigenvalue weighted by atomic mass is 32.1. The van der Waals surface area contributed by atoms with Crippen molar-refractivity contribution in [3.05, 3.63) is 35.1 Å². The van der Waals surface area contributed by atoms with Crippen LogP contribution in [-0.2, 0) is 0 Å². The molecule has 0 radical (unpaired) electrons. The Balaban J connectivity index is 2.21. The van der Waals surface area contributed by atoms with Crippen LogP contribution in [0, 0.1) is 6.92 Å². The van der Waals surface area contributed by atoms with Crippen molar-refractivity contribution in [3.63, 3.8) is 0 Å². The van der Waals surface area contributed by atoms with Crippen molar-refractivity contribution in [3.8, 4) is 0 Å². The average molecular weight is 248 g/mol. The van der Waals surface area contributed by atoms with Gasteiger partial charge in [-0.2, -0.15) is 0 Å². The van der Waals surface area contributed by atoms with Crippen molar-refractivity contribution < 1.29 is 4.79 Å². The standard InChI is InChI=1S/C11H12N4OS/c1-7-9(10(16)12-2)17-11(14-7)15-8-4-3-5-13-6-8/h3-6H,1-2H3,(H,12,16)(H,14,15). The molecule has 0 bridgehead atoms. The Labute approximate surface area is 103 Å². The topological polar surface area (TPSA) is 66.9 Å². The van der Waals surface area contributed by atoms with Crippen molar-refractivity contribution in [2.24, 2.45) is 0 Å². The fourth-order valence-corrected chi connectivity index (χ4v) is 2.27. The van der Waals surface area contributed by atoms with Crippen LogP contribution in [0.2, 0.25) is 0 Å². The molecule has 2 aromatic heterocycles. The second-order valence-electron chi connectivity index (χ2n) is 3.38. The first-order valence-electron chi connectivity index (χ1n) is 5.07. The lowest BCUT2D eigenvalue weighted by Crippen LogP contribution is -2.17. The summed E-state index contributed by atoms with van der Waals surface area (Å²) >= 11 is 1.32. The molecule has 0 aliphatic rings. The summed E-state index contributed by atoms with van der Waals surface area (Å²) in [5.74, 6) is -0.112. The summed E-state index contributed by atoms with van der Waals surface area (Å²) in [6, 6.07) is 3.73. The molecule has 0 aliphatic heterocycles. The molecular weight excluding hydrogens is 236 g/mol. The third kappa shape index (κ3) is 2.59. The molecule has 2 N–H and O–H groups in total. The number of carbonyl (C=O) groups is 1. The Bertz CT molecular complexity index is 524. The Hall–Kier alpha value is -1.95. The average Bonchev–Trinajstić information content (AvgIpc) is 2.70. The van der Waals surface area contributed by atoms with Gasteiger partial charge in [0, 0.05) is 13.2 Å². The van der Waals surface area contributed by atoms with Gasteiger partial charge in [-0.1, -0.05) is 11.3 Å². The number of aryl methyl sites for hydroxylation is 1. The zero-order valence-corrected chi connectivity index (χ0v) is 10.3. The quantitative estimate of drug-likeness (QED) is 0.871. The predicted octanol–water partition coefficient (Wildman–Crippen LogP) is 1.95.